The van der Waals surface area contributed by atoms with E-state index in [1.807, 2.05) is 45.9 Å². The van der Waals surface area contributed by atoms with Gasteiger partial charge < -0.3 is 15.9 Å². The van der Waals surface area contributed by atoms with Gasteiger partial charge in [0.2, 0.25) is 11.1 Å². The summed E-state index contributed by atoms with van der Waals surface area (Å²) in [5, 5.41) is 20.2. The number of thioether (sulfide) groups is 1. The molecule has 0 spiro atoms. The maximum absolute atomic E-state index is 12.5. The number of nitrogens with zero attached hydrogens (tertiary/aromatic N) is 4. The van der Waals surface area contributed by atoms with E-state index in [-0.39, 0.29) is 18.4 Å². The van der Waals surface area contributed by atoms with E-state index in [1.165, 1.54) is 16.4 Å². The number of hydrogen-bond acceptors (Lipinski definition) is 7. The Bertz CT molecular complexity index is 920. The van der Waals surface area contributed by atoms with E-state index in [4.69, 9.17) is 10.6 Å². The molecule has 0 fully saturated rings. The Morgan fingerprint density at radius 3 is 2.66 bits per heavy atom. The molecule has 8 nitrogen and oxygen atoms in total. The van der Waals surface area contributed by atoms with Crippen LogP contribution in [0.15, 0.2) is 23.4 Å². The van der Waals surface area contributed by atoms with E-state index in [0.717, 1.165) is 16.9 Å². The number of carbonyl (C=O) groups is 1. The Balaban J connectivity index is 2.01. The standard InChI is InChI=1S/C20H28N6O2S/c1-12(2)20(6,11-21)23-18(27)15(5)29-19-25-24-17(26(19)22)10-28-16-8-7-13(3)9-14(16)4/h7-9,12,15H,10,22H2,1-6H3,(H,23,27)/t15-,20+/m0/s1. The lowest BCUT2D eigenvalue weighted by atomic mass is 9.90. The fraction of sp³-hybridized carbons (Fsp3) is 0.500. The first-order chi connectivity index (χ1) is 13.6. The van der Waals surface area contributed by atoms with Crippen molar-refractivity contribution in [3.63, 3.8) is 0 Å². The Morgan fingerprint density at radius 2 is 2.07 bits per heavy atom. The predicted octanol–water partition coefficient (Wildman–Crippen LogP) is 2.72. The number of rotatable bonds is 8. The smallest absolute Gasteiger partial charge is 0.234 e. The van der Waals surface area contributed by atoms with Crippen molar-refractivity contribution in [2.45, 2.75) is 64.1 Å². The van der Waals surface area contributed by atoms with Crippen molar-refractivity contribution in [2.24, 2.45) is 5.92 Å². The topological polar surface area (TPSA) is 119 Å². The first kappa shape index (κ1) is 22.6. The molecule has 0 saturated heterocycles. The number of hydrogen-bond donors (Lipinski definition) is 2. The molecule has 0 aliphatic rings. The lowest BCUT2D eigenvalue weighted by Gasteiger charge is -2.28. The van der Waals surface area contributed by atoms with Gasteiger partial charge in [0.05, 0.1) is 11.3 Å². The number of nitriles is 1. The van der Waals surface area contributed by atoms with Crippen LogP contribution in [0.25, 0.3) is 0 Å². The van der Waals surface area contributed by atoms with Crippen LogP contribution in [0.5, 0.6) is 5.75 Å². The van der Waals surface area contributed by atoms with Gasteiger partial charge in [-0.15, -0.1) is 10.2 Å². The number of benzene rings is 1. The molecule has 156 valence electrons. The van der Waals surface area contributed by atoms with Crippen LogP contribution in [0, 0.1) is 31.1 Å². The number of amides is 1. The molecule has 0 saturated carbocycles. The van der Waals surface area contributed by atoms with Gasteiger partial charge >= 0.3 is 0 Å². The highest BCUT2D eigenvalue weighted by molar-refractivity contribution is 8.00. The molecule has 1 heterocycles. The minimum Gasteiger partial charge on any atom is -0.485 e. The number of aromatic nitrogens is 3. The average molecular weight is 417 g/mol. The number of carbonyl (C=O) groups excluding carboxylic acids is 1. The van der Waals surface area contributed by atoms with Crippen molar-refractivity contribution in [3.8, 4) is 11.8 Å². The molecular formula is C20H28N6O2S. The van der Waals surface area contributed by atoms with Crippen molar-refractivity contribution in [3.05, 3.63) is 35.2 Å². The van der Waals surface area contributed by atoms with Gasteiger partial charge in [0.1, 0.15) is 17.9 Å². The van der Waals surface area contributed by atoms with Gasteiger partial charge in [0, 0.05) is 0 Å². The third kappa shape index (κ3) is 5.41. The van der Waals surface area contributed by atoms with Gasteiger partial charge in [-0.1, -0.05) is 43.3 Å². The second-order valence-electron chi connectivity index (χ2n) is 7.54. The second-order valence-corrected chi connectivity index (χ2v) is 8.85. The largest absolute Gasteiger partial charge is 0.485 e. The summed E-state index contributed by atoms with van der Waals surface area (Å²) in [7, 11) is 0. The van der Waals surface area contributed by atoms with Crippen LogP contribution < -0.4 is 15.9 Å². The summed E-state index contributed by atoms with van der Waals surface area (Å²) in [6.45, 7) is 11.4. The lowest BCUT2D eigenvalue weighted by Crippen LogP contribution is -2.51. The molecule has 1 aromatic heterocycles. The maximum atomic E-state index is 12.5. The molecular weight excluding hydrogens is 388 g/mol. The molecule has 3 N–H and O–H groups in total. The number of nitrogens with one attached hydrogen (secondary N) is 1. The third-order valence-electron chi connectivity index (χ3n) is 4.84. The molecule has 2 aromatic rings. The average Bonchev–Trinajstić information content (AvgIpc) is 3.00. The molecule has 0 bridgehead atoms. The number of aryl methyl sites for hydroxylation is 2. The Hall–Kier alpha value is -2.73. The fourth-order valence-corrected chi connectivity index (χ4v) is 3.25. The van der Waals surface area contributed by atoms with Crippen LogP contribution in [0.1, 0.15) is 44.6 Å². The summed E-state index contributed by atoms with van der Waals surface area (Å²) in [6.07, 6.45) is 0. The van der Waals surface area contributed by atoms with E-state index in [0.29, 0.717) is 11.0 Å². The quantitative estimate of drug-likeness (QED) is 0.501. The van der Waals surface area contributed by atoms with Gasteiger partial charge in [-0.3, -0.25) is 4.79 Å². The van der Waals surface area contributed by atoms with E-state index in [9.17, 15) is 10.1 Å². The Labute approximate surface area is 175 Å². The lowest BCUT2D eigenvalue weighted by molar-refractivity contribution is -0.121. The van der Waals surface area contributed by atoms with Crippen LogP contribution in [-0.2, 0) is 11.4 Å². The first-order valence-electron chi connectivity index (χ1n) is 9.36. The molecule has 2 rings (SSSR count). The van der Waals surface area contributed by atoms with E-state index >= 15 is 0 Å². The molecule has 0 radical (unpaired) electrons. The number of nitrogens with two attached hydrogens (primary N) is 1. The van der Waals surface area contributed by atoms with Gasteiger partial charge in [0.15, 0.2) is 5.82 Å². The Kier molecular flexibility index (Phi) is 7.14. The highest BCUT2D eigenvalue weighted by Crippen LogP contribution is 2.24. The van der Waals surface area contributed by atoms with Gasteiger partial charge in [-0.05, 0) is 45.2 Å². The summed E-state index contributed by atoms with van der Waals surface area (Å²) in [5.74, 6) is 7.00. The van der Waals surface area contributed by atoms with Crippen LogP contribution >= 0.6 is 11.8 Å². The zero-order valence-electron chi connectivity index (χ0n) is 17.7. The summed E-state index contributed by atoms with van der Waals surface area (Å²) < 4.78 is 7.13. The van der Waals surface area contributed by atoms with Gasteiger partial charge in [-0.2, -0.15) is 5.26 Å². The van der Waals surface area contributed by atoms with E-state index in [2.05, 4.69) is 21.6 Å². The molecule has 0 unspecified atom stereocenters. The summed E-state index contributed by atoms with van der Waals surface area (Å²) in [6, 6.07) is 8.09. The van der Waals surface area contributed by atoms with Crippen LogP contribution in [0.3, 0.4) is 0 Å². The fourth-order valence-electron chi connectivity index (χ4n) is 2.46. The molecule has 29 heavy (non-hydrogen) atoms. The van der Waals surface area contributed by atoms with E-state index in [1.54, 1.807) is 13.8 Å². The first-order valence-corrected chi connectivity index (χ1v) is 10.2. The predicted molar refractivity (Wildman–Crippen MR) is 113 cm³/mol. The van der Waals surface area contributed by atoms with Crippen molar-refractivity contribution in [1.29, 1.82) is 5.26 Å². The molecule has 2 atom stereocenters. The SMILES string of the molecule is Cc1ccc(OCc2nnc(S[C@@H](C)C(=O)N[C@](C)(C#N)C(C)C)n2N)c(C)c1. The van der Waals surface area contributed by atoms with Crippen LogP contribution in [0.2, 0.25) is 0 Å². The molecule has 9 heteroatoms. The van der Waals surface area contributed by atoms with Crippen molar-refractivity contribution in [1.82, 2.24) is 20.2 Å². The van der Waals surface area contributed by atoms with Crippen molar-refractivity contribution < 1.29 is 9.53 Å². The summed E-state index contributed by atoms with van der Waals surface area (Å²) in [5.41, 5.74) is 1.25. The number of nitrogen functional groups attached to an aromatic ring is 1. The number of ether oxygens (including phenoxy) is 1. The molecule has 1 aromatic carbocycles. The minimum absolute atomic E-state index is 0.0270. The van der Waals surface area contributed by atoms with Crippen molar-refractivity contribution in [2.75, 3.05) is 5.84 Å². The highest BCUT2D eigenvalue weighted by atomic mass is 32.2. The van der Waals surface area contributed by atoms with E-state index < -0.39 is 10.8 Å². The zero-order valence-corrected chi connectivity index (χ0v) is 18.5. The van der Waals surface area contributed by atoms with Gasteiger partial charge in [0.25, 0.3) is 0 Å². The zero-order chi connectivity index (χ0) is 21.8. The third-order valence-corrected chi connectivity index (χ3v) is 5.90. The van der Waals surface area contributed by atoms with Crippen molar-refractivity contribution >= 4 is 17.7 Å². The second kappa shape index (κ2) is 9.18. The summed E-state index contributed by atoms with van der Waals surface area (Å²) in [4.78, 5) is 12.5. The molecule has 1 amide bonds. The minimum atomic E-state index is -0.937. The molecule has 0 aliphatic heterocycles. The monoisotopic (exact) mass is 416 g/mol. The Morgan fingerprint density at radius 1 is 1.38 bits per heavy atom. The van der Waals surface area contributed by atoms with Gasteiger partial charge in [-0.25, -0.2) is 4.68 Å². The summed E-state index contributed by atoms with van der Waals surface area (Å²) >= 11 is 1.18. The molecule has 0 aliphatic carbocycles. The maximum Gasteiger partial charge on any atom is 0.234 e. The van der Waals surface area contributed by atoms with Crippen LogP contribution in [0.4, 0.5) is 0 Å². The highest BCUT2D eigenvalue weighted by Gasteiger charge is 2.32. The van der Waals surface area contributed by atoms with Crippen LogP contribution in [-0.4, -0.2) is 31.6 Å². The normalized spacial score (nSPS) is 14.1.